The first-order valence-corrected chi connectivity index (χ1v) is 20.4. The van der Waals surface area contributed by atoms with Crippen LogP contribution in [0.3, 0.4) is 0 Å². The highest BCUT2D eigenvalue weighted by atomic mass is 32.2. The Kier molecular flexibility index (Phi) is 11.2. The molecule has 2 aliphatic carbocycles. The molecule has 54 heavy (non-hydrogen) atoms. The molecular weight excluding hydrogens is 722 g/mol. The van der Waals surface area contributed by atoms with Crippen LogP contribution < -0.4 is 15.4 Å². The average molecular weight is 774 g/mol. The van der Waals surface area contributed by atoms with Crippen molar-refractivity contribution in [3.05, 3.63) is 34.9 Å². The van der Waals surface area contributed by atoms with Crippen LogP contribution >= 0.6 is 0 Å². The number of nitrogens with zero attached hydrogens (tertiary/aromatic N) is 2. The Hall–Kier alpha value is -4.41. The lowest BCUT2D eigenvalue weighted by atomic mass is 10.0. The van der Waals surface area contributed by atoms with Crippen LogP contribution in [0.1, 0.15) is 113 Å². The van der Waals surface area contributed by atoms with E-state index >= 15 is 0 Å². The molecule has 0 radical (unpaired) electrons. The largest absolute Gasteiger partial charge is 0.465 e. The van der Waals surface area contributed by atoms with Gasteiger partial charge in [-0.15, -0.1) is 0 Å². The number of fused-ring (bicyclic) bond motifs is 3. The first-order chi connectivity index (χ1) is 25.5. The molecule has 3 N–H and O–H groups in total. The van der Waals surface area contributed by atoms with Gasteiger partial charge in [-0.3, -0.25) is 24.0 Å². The molecule has 5 atom stereocenters. The number of ether oxygens (including phenoxy) is 3. The number of rotatable bonds is 6. The smallest absolute Gasteiger partial charge is 0.410 e. The second-order valence-corrected chi connectivity index (χ2v) is 18.1. The van der Waals surface area contributed by atoms with Crippen molar-refractivity contribution >= 4 is 45.9 Å². The van der Waals surface area contributed by atoms with Gasteiger partial charge in [-0.2, -0.15) is 0 Å². The summed E-state index contributed by atoms with van der Waals surface area (Å²) in [6, 6.07) is 2.77. The number of sulfonamides is 1. The van der Waals surface area contributed by atoms with Crippen molar-refractivity contribution in [3.8, 4) is 0 Å². The summed E-state index contributed by atoms with van der Waals surface area (Å²) >= 11 is 0. The Morgan fingerprint density at radius 2 is 1.63 bits per heavy atom. The van der Waals surface area contributed by atoms with Crippen molar-refractivity contribution in [1.82, 2.24) is 25.2 Å². The number of carbonyl (C=O) groups is 6. The normalized spacial score (nSPS) is 27.6. The lowest BCUT2D eigenvalue weighted by molar-refractivity contribution is -0.141. The summed E-state index contributed by atoms with van der Waals surface area (Å²) in [5.41, 5.74) is -0.371. The van der Waals surface area contributed by atoms with Crippen LogP contribution in [0.5, 0.6) is 0 Å². The quantitative estimate of drug-likeness (QED) is 0.283. The topological polar surface area (TPSA) is 207 Å². The first kappa shape index (κ1) is 39.3. The molecule has 17 heteroatoms. The molecule has 296 valence electrons. The van der Waals surface area contributed by atoms with Crippen LogP contribution in [0.4, 0.5) is 9.59 Å². The van der Waals surface area contributed by atoms with Gasteiger partial charge in [-0.1, -0.05) is 38.2 Å². The maximum atomic E-state index is 14.4. The molecular formula is C37H51N5O11S. The molecule has 3 aliphatic heterocycles. The SMILES string of the molecule is COC(=O)c1ccc2c(c1)CN(C(=O)O[C@@H]1C[C@H]3C(=O)N[C@]4(C(=O)NS(=O)(=O)C5CC5)C[C@H]4CCCCCCC[C@H](NC(=O)OC(C)(C)C)C(=O)N3C1)C2. The number of hydrogen-bond donors (Lipinski definition) is 3. The molecule has 4 fully saturated rings. The summed E-state index contributed by atoms with van der Waals surface area (Å²) in [4.78, 5) is 83.5. The van der Waals surface area contributed by atoms with Crippen LogP contribution in [0.2, 0.25) is 0 Å². The first-order valence-electron chi connectivity index (χ1n) is 18.8. The van der Waals surface area contributed by atoms with Crippen LogP contribution in [0.25, 0.3) is 0 Å². The van der Waals surface area contributed by atoms with E-state index in [9.17, 15) is 37.2 Å². The molecule has 16 nitrogen and oxygen atoms in total. The maximum Gasteiger partial charge on any atom is 0.410 e. The van der Waals surface area contributed by atoms with Crippen LogP contribution in [0, 0.1) is 5.92 Å². The second-order valence-electron chi connectivity index (χ2n) is 16.2. The third-order valence-electron chi connectivity index (χ3n) is 10.8. The Labute approximate surface area is 315 Å². The van der Waals surface area contributed by atoms with Gasteiger partial charge in [0.15, 0.2) is 0 Å². The van der Waals surface area contributed by atoms with Crippen molar-refractivity contribution < 1.29 is 51.4 Å². The zero-order valence-corrected chi connectivity index (χ0v) is 32.1. The van der Waals surface area contributed by atoms with E-state index in [1.165, 1.54) is 16.9 Å². The molecule has 0 unspecified atom stereocenters. The second kappa shape index (κ2) is 15.4. The summed E-state index contributed by atoms with van der Waals surface area (Å²) in [5, 5.41) is 4.90. The number of nitrogens with one attached hydrogen (secondary N) is 3. The molecule has 2 saturated heterocycles. The predicted octanol–water partition coefficient (Wildman–Crippen LogP) is 3.02. The molecule has 0 spiro atoms. The van der Waals surface area contributed by atoms with E-state index in [2.05, 4.69) is 15.4 Å². The Balaban J connectivity index is 1.23. The number of esters is 1. The molecule has 0 bridgehead atoms. The number of hydrogen-bond acceptors (Lipinski definition) is 11. The minimum Gasteiger partial charge on any atom is -0.465 e. The van der Waals surface area contributed by atoms with Gasteiger partial charge in [-0.25, -0.2) is 22.8 Å². The van der Waals surface area contributed by atoms with Gasteiger partial charge in [0.2, 0.25) is 21.8 Å². The molecule has 2 saturated carbocycles. The summed E-state index contributed by atoms with van der Waals surface area (Å²) in [5.74, 6) is -2.84. The molecule has 1 aromatic carbocycles. The number of benzene rings is 1. The van der Waals surface area contributed by atoms with Crippen LogP contribution in [0.15, 0.2) is 18.2 Å². The lowest BCUT2D eigenvalue weighted by Crippen LogP contribution is -2.58. The van der Waals surface area contributed by atoms with Gasteiger partial charge in [0.05, 0.1) is 24.5 Å². The standard InChI is InChI=1S/C37H51N5O11S/c1-36(2,3)53-34(47)38-28-11-9-7-5-6-8-10-25-18-37(25,33(46)40-54(49,50)27-14-15-27)39-30(43)29-17-26(21-42(29)31(28)44)52-35(48)41-19-23-13-12-22(32(45)51-4)16-24(23)20-41/h12-13,16,25-29H,5-11,14-15,17-21H2,1-4H3,(H,38,47)(H,39,43)(H,40,46)/t25-,26-,28+,29+,37-/m1/s1. The fourth-order valence-electron chi connectivity index (χ4n) is 7.69. The van der Waals surface area contributed by atoms with Crippen molar-refractivity contribution in [1.29, 1.82) is 0 Å². The molecule has 1 aromatic rings. The van der Waals surface area contributed by atoms with E-state index in [1.807, 2.05) is 0 Å². The zero-order valence-electron chi connectivity index (χ0n) is 31.3. The lowest BCUT2D eigenvalue weighted by Gasteiger charge is -2.30. The van der Waals surface area contributed by atoms with Crippen LogP contribution in [-0.4, -0.2) is 102 Å². The highest BCUT2D eigenvalue weighted by Gasteiger charge is 2.62. The van der Waals surface area contributed by atoms with Crippen molar-refractivity contribution in [2.45, 2.75) is 139 Å². The third-order valence-corrected chi connectivity index (χ3v) is 12.6. The third kappa shape index (κ3) is 8.92. The monoisotopic (exact) mass is 773 g/mol. The van der Waals surface area contributed by atoms with Crippen molar-refractivity contribution in [2.24, 2.45) is 5.92 Å². The fraction of sp³-hybridized carbons (Fsp3) is 0.676. The van der Waals surface area contributed by atoms with Gasteiger partial charge < -0.3 is 29.7 Å². The van der Waals surface area contributed by atoms with Crippen molar-refractivity contribution in [2.75, 3.05) is 13.7 Å². The number of alkyl carbamates (subject to hydrolysis) is 1. The Morgan fingerprint density at radius 1 is 0.944 bits per heavy atom. The van der Waals surface area contributed by atoms with Gasteiger partial charge >= 0.3 is 18.2 Å². The highest BCUT2D eigenvalue weighted by Crippen LogP contribution is 2.48. The van der Waals surface area contributed by atoms with Gasteiger partial charge in [0, 0.05) is 19.5 Å². The van der Waals surface area contributed by atoms with E-state index in [4.69, 9.17) is 14.2 Å². The molecule has 3 heterocycles. The maximum absolute atomic E-state index is 14.4. The minimum atomic E-state index is -3.90. The molecule has 0 aromatic heterocycles. The van der Waals surface area contributed by atoms with E-state index < -0.39 is 80.5 Å². The highest BCUT2D eigenvalue weighted by molar-refractivity contribution is 7.91. The Morgan fingerprint density at radius 3 is 2.31 bits per heavy atom. The molecule has 5 amide bonds. The molecule has 5 aliphatic rings. The van der Waals surface area contributed by atoms with Gasteiger partial charge in [-0.05, 0) is 82.1 Å². The number of amides is 5. The van der Waals surface area contributed by atoms with E-state index in [-0.39, 0.29) is 44.8 Å². The number of methoxy groups -OCH3 is 1. The van der Waals surface area contributed by atoms with Crippen LogP contribution in [-0.2, 0) is 51.7 Å². The molecule has 6 rings (SSSR count). The predicted molar refractivity (Wildman–Crippen MR) is 192 cm³/mol. The summed E-state index contributed by atoms with van der Waals surface area (Å²) in [6.45, 7) is 5.33. The zero-order chi connectivity index (χ0) is 39.0. The average Bonchev–Trinajstić information content (AvgIpc) is 3.99. The van der Waals surface area contributed by atoms with E-state index in [0.29, 0.717) is 31.2 Å². The minimum absolute atomic E-state index is 0.0987. The van der Waals surface area contributed by atoms with Gasteiger partial charge in [0.1, 0.15) is 29.3 Å². The summed E-state index contributed by atoms with van der Waals surface area (Å²) in [7, 11) is -2.61. The van der Waals surface area contributed by atoms with E-state index in [0.717, 1.165) is 36.8 Å². The number of carbonyl (C=O) groups excluding carboxylic acids is 6. The summed E-state index contributed by atoms with van der Waals surface area (Å²) < 4.78 is 44.0. The van der Waals surface area contributed by atoms with Crippen molar-refractivity contribution in [3.63, 3.8) is 0 Å². The fourth-order valence-corrected chi connectivity index (χ4v) is 9.05. The van der Waals surface area contributed by atoms with E-state index in [1.54, 1.807) is 39.0 Å². The summed E-state index contributed by atoms with van der Waals surface area (Å²) in [6.07, 6.45) is 3.39. The Bertz CT molecular complexity index is 1790. The van der Waals surface area contributed by atoms with Gasteiger partial charge in [0.25, 0.3) is 5.91 Å².